The fourth-order valence-corrected chi connectivity index (χ4v) is 2.25. The van der Waals surface area contributed by atoms with E-state index < -0.39 is 20.2 Å². The molecule has 0 aliphatic rings. The molecule has 0 unspecified atom stereocenters. The minimum atomic E-state index is -5.38. The van der Waals surface area contributed by atoms with E-state index in [0.29, 0.717) is 11.1 Å². The summed E-state index contributed by atoms with van der Waals surface area (Å²) in [4.78, 5) is -0.851. The Morgan fingerprint density at radius 2 is 1.59 bits per heavy atom. The van der Waals surface area contributed by atoms with Crippen LogP contribution in [-0.2, 0) is 9.84 Å². The number of hydrogen-bond acceptors (Lipinski definition) is 3. The van der Waals surface area contributed by atoms with Crippen molar-refractivity contribution in [3.05, 3.63) is 23.3 Å². The van der Waals surface area contributed by atoms with Gasteiger partial charge in [-0.1, -0.05) is 0 Å². The lowest BCUT2D eigenvalue weighted by atomic mass is 10.1. The van der Waals surface area contributed by atoms with Gasteiger partial charge >= 0.3 is 5.51 Å². The summed E-state index contributed by atoms with van der Waals surface area (Å²) in [5, 5.41) is 0. The molecule has 1 rings (SSSR count). The summed E-state index contributed by atoms with van der Waals surface area (Å²) in [6.45, 7) is 3.19. The van der Waals surface area contributed by atoms with Gasteiger partial charge in [0.05, 0.1) is 7.11 Å². The molecule has 0 atom stereocenters. The number of methoxy groups -OCH3 is 1. The first-order valence-electron chi connectivity index (χ1n) is 4.58. The Morgan fingerprint density at radius 1 is 1.12 bits per heavy atom. The Balaban J connectivity index is 3.57. The molecule has 0 aliphatic carbocycles. The minimum absolute atomic E-state index is 0.301. The Bertz CT molecular complexity index is 532. The molecule has 0 fully saturated rings. The highest BCUT2D eigenvalue weighted by molar-refractivity contribution is 7.92. The average molecular weight is 268 g/mol. The molecular formula is C10H11F3O3S. The van der Waals surface area contributed by atoms with Crippen LogP contribution in [0.15, 0.2) is 17.0 Å². The fraction of sp³-hybridized carbons (Fsp3) is 0.400. The summed E-state index contributed by atoms with van der Waals surface area (Å²) in [7, 11) is -4.26. The second-order valence-electron chi connectivity index (χ2n) is 3.54. The third-order valence-corrected chi connectivity index (χ3v) is 3.88. The Kier molecular flexibility index (Phi) is 3.42. The second-order valence-corrected chi connectivity index (χ2v) is 5.45. The molecule has 0 bridgehead atoms. The van der Waals surface area contributed by atoms with Crippen LogP contribution in [0.5, 0.6) is 5.75 Å². The van der Waals surface area contributed by atoms with E-state index in [1.165, 1.54) is 13.0 Å². The third kappa shape index (κ3) is 2.38. The van der Waals surface area contributed by atoms with Gasteiger partial charge in [-0.2, -0.15) is 13.2 Å². The lowest BCUT2D eigenvalue weighted by Gasteiger charge is -2.13. The summed E-state index contributed by atoms with van der Waals surface area (Å²) in [5.41, 5.74) is -4.22. The molecular weight excluding hydrogens is 257 g/mol. The molecule has 0 spiro atoms. The number of sulfone groups is 1. The zero-order valence-corrected chi connectivity index (χ0v) is 10.2. The van der Waals surface area contributed by atoms with Crippen molar-refractivity contribution in [3.8, 4) is 5.75 Å². The van der Waals surface area contributed by atoms with Gasteiger partial charge in [-0.3, -0.25) is 0 Å². The van der Waals surface area contributed by atoms with Crippen LogP contribution < -0.4 is 4.74 Å². The molecule has 0 N–H and O–H groups in total. The molecule has 0 saturated carbocycles. The average Bonchev–Trinajstić information content (AvgIpc) is 2.19. The van der Waals surface area contributed by atoms with Crippen molar-refractivity contribution in [2.45, 2.75) is 24.3 Å². The lowest BCUT2D eigenvalue weighted by molar-refractivity contribution is -0.0437. The molecule has 1 aromatic carbocycles. The predicted octanol–water partition coefficient (Wildman–Crippen LogP) is 2.61. The van der Waals surface area contributed by atoms with E-state index in [-0.39, 0.29) is 5.75 Å². The molecule has 0 aliphatic heterocycles. The quantitative estimate of drug-likeness (QED) is 0.828. The first-order chi connectivity index (χ1) is 7.61. The van der Waals surface area contributed by atoms with Crippen molar-refractivity contribution >= 4 is 9.84 Å². The number of alkyl halides is 3. The Morgan fingerprint density at radius 3 is 2.00 bits per heavy atom. The van der Waals surface area contributed by atoms with Crippen molar-refractivity contribution in [1.82, 2.24) is 0 Å². The number of rotatable bonds is 2. The van der Waals surface area contributed by atoms with Crippen LogP contribution in [0.25, 0.3) is 0 Å². The van der Waals surface area contributed by atoms with Crippen molar-refractivity contribution in [1.29, 1.82) is 0 Å². The maximum Gasteiger partial charge on any atom is 0.502 e. The third-order valence-electron chi connectivity index (χ3n) is 2.37. The van der Waals surface area contributed by atoms with Gasteiger partial charge in [0.1, 0.15) is 10.6 Å². The van der Waals surface area contributed by atoms with E-state index in [1.54, 1.807) is 6.92 Å². The zero-order valence-electron chi connectivity index (χ0n) is 9.42. The van der Waals surface area contributed by atoms with Gasteiger partial charge in [0.2, 0.25) is 0 Å². The maximum absolute atomic E-state index is 12.4. The van der Waals surface area contributed by atoms with E-state index in [4.69, 9.17) is 0 Å². The molecule has 0 heterocycles. The van der Waals surface area contributed by atoms with Gasteiger partial charge in [-0.25, -0.2) is 8.42 Å². The fourth-order valence-electron chi connectivity index (χ4n) is 1.26. The smallest absolute Gasteiger partial charge is 0.495 e. The van der Waals surface area contributed by atoms with Crippen LogP contribution in [0.2, 0.25) is 0 Å². The number of halogens is 3. The highest BCUT2D eigenvalue weighted by atomic mass is 32.2. The van der Waals surface area contributed by atoms with Gasteiger partial charge in [0.25, 0.3) is 9.84 Å². The summed E-state index contributed by atoms with van der Waals surface area (Å²) in [5.74, 6) is -0.301. The normalized spacial score (nSPS) is 12.6. The van der Waals surface area contributed by atoms with Gasteiger partial charge in [-0.15, -0.1) is 0 Å². The van der Waals surface area contributed by atoms with E-state index in [1.807, 2.05) is 0 Å². The van der Waals surface area contributed by atoms with Gasteiger partial charge in [-0.05, 0) is 37.1 Å². The molecule has 96 valence electrons. The summed E-state index contributed by atoms with van der Waals surface area (Å²) in [6.07, 6.45) is 0. The lowest BCUT2D eigenvalue weighted by Crippen LogP contribution is -2.24. The zero-order chi connectivity index (χ0) is 13.4. The summed E-state index contributed by atoms with van der Waals surface area (Å²) >= 11 is 0. The number of ether oxygens (including phenoxy) is 1. The van der Waals surface area contributed by atoms with Crippen LogP contribution in [0.3, 0.4) is 0 Å². The van der Waals surface area contributed by atoms with E-state index >= 15 is 0 Å². The molecule has 17 heavy (non-hydrogen) atoms. The Labute approximate surface area is 97.1 Å². The predicted molar refractivity (Wildman–Crippen MR) is 55.7 cm³/mol. The van der Waals surface area contributed by atoms with Crippen LogP contribution in [0, 0.1) is 13.8 Å². The van der Waals surface area contributed by atoms with E-state index in [9.17, 15) is 21.6 Å². The van der Waals surface area contributed by atoms with E-state index in [0.717, 1.165) is 13.2 Å². The minimum Gasteiger partial charge on any atom is -0.495 e. The first kappa shape index (κ1) is 13.8. The number of hydrogen-bond donors (Lipinski definition) is 0. The molecule has 0 saturated heterocycles. The Hall–Kier alpha value is -1.24. The van der Waals surface area contributed by atoms with Crippen LogP contribution in [0.4, 0.5) is 13.2 Å². The maximum atomic E-state index is 12.4. The second kappa shape index (κ2) is 4.21. The van der Waals surface area contributed by atoms with Gasteiger partial charge < -0.3 is 4.74 Å². The monoisotopic (exact) mass is 268 g/mol. The SMILES string of the molecule is COc1cc(C)c(C)cc1S(=O)(=O)C(F)(F)F. The van der Waals surface area contributed by atoms with Crippen LogP contribution in [-0.4, -0.2) is 21.0 Å². The summed E-state index contributed by atoms with van der Waals surface area (Å²) < 4.78 is 64.5. The van der Waals surface area contributed by atoms with Crippen molar-refractivity contribution in [2.75, 3.05) is 7.11 Å². The molecule has 1 aromatic rings. The van der Waals surface area contributed by atoms with Crippen LogP contribution in [0.1, 0.15) is 11.1 Å². The van der Waals surface area contributed by atoms with Crippen molar-refractivity contribution < 1.29 is 26.3 Å². The molecule has 7 heteroatoms. The highest BCUT2D eigenvalue weighted by Gasteiger charge is 2.48. The molecule has 3 nitrogen and oxygen atoms in total. The number of benzene rings is 1. The standard InChI is InChI=1S/C10H11F3O3S/c1-6-4-8(16-3)9(5-7(6)2)17(14,15)10(11,12)13/h4-5H,1-3H3. The van der Waals surface area contributed by atoms with E-state index in [2.05, 4.69) is 4.74 Å². The van der Waals surface area contributed by atoms with Gasteiger partial charge in [0, 0.05) is 0 Å². The molecule has 0 amide bonds. The highest BCUT2D eigenvalue weighted by Crippen LogP contribution is 2.36. The van der Waals surface area contributed by atoms with Crippen molar-refractivity contribution in [3.63, 3.8) is 0 Å². The largest absolute Gasteiger partial charge is 0.502 e. The first-order valence-corrected chi connectivity index (χ1v) is 6.06. The summed E-state index contributed by atoms with van der Waals surface area (Å²) in [6, 6.07) is 2.24. The topological polar surface area (TPSA) is 43.4 Å². The van der Waals surface area contributed by atoms with Crippen molar-refractivity contribution in [2.24, 2.45) is 0 Å². The molecule has 0 radical (unpaired) electrons. The molecule has 0 aromatic heterocycles. The van der Waals surface area contributed by atoms with Crippen LogP contribution >= 0.6 is 0 Å². The van der Waals surface area contributed by atoms with Gasteiger partial charge in [0.15, 0.2) is 0 Å². The number of aryl methyl sites for hydroxylation is 2.